The van der Waals surface area contributed by atoms with E-state index in [2.05, 4.69) is 15.3 Å². The molecule has 2 heterocycles. The zero-order valence-corrected chi connectivity index (χ0v) is 19.0. The second-order valence-electron chi connectivity index (χ2n) is 7.42. The number of ketones is 1. The van der Waals surface area contributed by atoms with Gasteiger partial charge in [-0.15, -0.1) is 0 Å². The van der Waals surface area contributed by atoms with Crippen molar-refractivity contribution < 1.29 is 22.8 Å². The van der Waals surface area contributed by atoms with E-state index in [0.717, 1.165) is 4.57 Å². The third-order valence-corrected chi connectivity index (χ3v) is 5.64. The van der Waals surface area contributed by atoms with E-state index in [0.29, 0.717) is 16.1 Å². The summed E-state index contributed by atoms with van der Waals surface area (Å²) in [6.45, 7) is 1.37. The number of rotatable bonds is 5. The van der Waals surface area contributed by atoms with Crippen LogP contribution in [0.5, 0.6) is 0 Å². The average Bonchev–Trinajstić information content (AvgIpc) is 3.09. The van der Waals surface area contributed by atoms with Crippen molar-refractivity contribution in [3.05, 3.63) is 87.3 Å². The Kier molecular flexibility index (Phi) is 6.33. The lowest BCUT2D eigenvalue weighted by atomic mass is 10.0. The van der Waals surface area contributed by atoms with E-state index >= 15 is 0 Å². The standard InChI is InChI=1S/C23H15Cl2F3N4O2/c1-12-3-6-17-15(9-12)18(19(33)21(34)31-22-29-7-2-8-30-22)20(23(26,27)28)32(17)11-13-4-5-14(24)10-16(13)25/h2-10H,11H2,1H3,(H,29,30,31,34). The first-order valence-electron chi connectivity index (χ1n) is 9.83. The normalized spacial score (nSPS) is 11.6. The summed E-state index contributed by atoms with van der Waals surface area (Å²) in [6.07, 6.45) is -2.32. The van der Waals surface area contributed by atoms with Crippen LogP contribution >= 0.6 is 23.2 Å². The number of carbonyl (C=O) groups excluding carboxylic acids is 2. The number of nitrogens with zero attached hydrogens (tertiary/aromatic N) is 3. The maximum Gasteiger partial charge on any atom is 0.432 e. The Balaban J connectivity index is 1.91. The highest BCUT2D eigenvalue weighted by molar-refractivity contribution is 6.48. The van der Waals surface area contributed by atoms with E-state index in [9.17, 15) is 22.8 Å². The fourth-order valence-corrected chi connectivity index (χ4v) is 4.08. The Morgan fingerprint density at radius 2 is 1.76 bits per heavy atom. The maximum absolute atomic E-state index is 14.4. The molecule has 4 aromatic rings. The maximum atomic E-state index is 14.4. The molecule has 2 aromatic heterocycles. The first-order valence-corrected chi connectivity index (χ1v) is 10.6. The number of Topliss-reactive ketones (excluding diaryl/α,β-unsaturated/α-hetero) is 1. The average molecular weight is 507 g/mol. The van der Waals surface area contributed by atoms with Gasteiger partial charge in [0.2, 0.25) is 5.95 Å². The summed E-state index contributed by atoms with van der Waals surface area (Å²) in [7, 11) is 0. The van der Waals surface area contributed by atoms with Crippen LogP contribution in [0.4, 0.5) is 19.1 Å². The van der Waals surface area contributed by atoms with E-state index < -0.39 is 29.1 Å². The molecule has 0 fully saturated rings. The highest BCUT2D eigenvalue weighted by Crippen LogP contribution is 2.40. The molecule has 34 heavy (non-hydrogen) atoms. The smallest absolute Gasteiger partial charge is 0.332 e. The number of hydrogen-bond acceptors (Lipinski definition) is 4. The summed E-state index contributed by atoms with van der Waals surface area (Å²) < 4.78 is 44.1. The largest absolute Gasteiger partial charge is 0.432 e. The number of halogens is 5. The predicted molar refractivity (Wildman–Crippen MR) is 122 cm³/mol. The van der Waals surface area contributed by atoms with Crippen molar-refractivity contribution in [1.29, 1.82) is 0 Å². The Bertz CT molecular complexity index is 1420. The molecule has 0 aliphatic carbocycles. The summed E-state index contributed by atoms with van der Waals surface area (Å²) in [5, 5.41) is 2.64. The molecule has 0 bridgehead atoms. The fourth-order valence-electron chi connectivity index (χ4n) is 3.61. The number of nitrogens with one attached hydrogen (secondary N) is 1. The van der Waals surface area contributed by atoms with Gasteiger partial charge in [0.1, 0.15) is 5.69 Å². The van der Waals surface area contributed by atoms with Crippen LogP contribution in [0.2, 0.25) is 10.0 Å². The summed E-state index contributed by atoms with van der Waals surface area (Å²) in [4.78, 5) is 33.3. The monoisotopic (exact) mass is 506 g/mol. The van der Waals surface area contributed by atoms with Crippen molar-refractivity contribution in [2.75, 3.05) is 5.32 Å². The molecular formula is C23H15Cl2F3N4O2. The minimum atomic E-state index is -4.96. The SMILES string of the molecule is Cc1ccc2c(c1)c(C(=O)C(=O)Nc1ncccn1)c(C(F)(F)F)n2Cc1ccc(Cl)cc1Cl. The van der Waals surface area contributed by atoms with Crippen molar-refractivity contribution in [2.45, 2.75) is 19.6 Å². The third kappa shape index (κ3) is 4.62. The van der Waals surface area contributed by atoms with Crippen molar-refractivity contribution >= 4 is 51.7 Å². The molecular weight excluding hydrogens is 492 g/mol. The van der Waals surface area contributed by atoms with Crippen molar-refractivity contribution in [3.8, 4) is 0 Å². The van der Waals surface area contributed by atoms with Crippen molar-refractivity contribution in [3.63, 3.8) is 0 Å². The third-order valence-electron chi connectivity index (χ3n) is 5.06. The zero-order valence-electron chi connectivity index (χ0n) is 17.5. The van der Waals surface area contributed by atoms with Gasteiger partial charge >= 0.3 is 6.18 Å². The van der Waals surface area contributed by atoms with E-state index in [4.69, 9.17) is 23.2 Å². The molecule has 0 atom stereocenters. The lowest BCUT2D eigenvalue weighted by Gasteiger charge is -2.15. The summed E-state index contributed by atoms with van der Waals surface area (Å²) in [5.41, 5.74) is -0.923. The van der Waals surface area contributed by atoms with Gasteiger partial charge in [-0.2, -0.15) is 13.2 Å². The Morgan fingerprint density at radius 1 is 1.06 bits per heavy atom. The lowest BCUT2D eigenvalue weighted by molar-refractivity contribution is -0.143. The van der Waals surface area contributed by atoms with Gasteiger partial charge in [0, 0.05) is 39.9 Å². The Labute approximate surface area is 201 Å². The van der Waals surface area contributed by atoms with E-state index in [1.165, 1.54) is 48.8 Å². The van der Waals surface area contributed by atoms with E-state index in [-0.39, 0.29) is 28.4 Å². The molecule has 0 aliphatic rings. The number of aryl methyl sites for hydroxylation is 1. The van der Waals surface area contributed by atoms with Gasteiger partial charge in [-0.1, -0.05) is 40.9 Å². The van der Waals surface area contributed by atoms with Crippen molar-refractivity contribution in [1.82, 2.24) is 14.5 Å². The summed E-state index contributed by atoms with van der Waals surface area (Å²) in [5.74, 6) is -2.86. The Hall–Kier alpha value is -3.43. The molecule has 1 N–H and O–H groups in total. The van der Waals surface area contributed by atoms with Gasteiger partial charge in [0.15, 0.2) is 0 Å². The van der Waals surface area contributed by atoms with Crippen LogP contribution in [-0.2, 0) is 17.5 Å². The lowest BCUT2D eigenvalue weighted by Crippen LogP contribution is -2.27. The summed E-state index contributed by atoms with van der Waals surface area (Å²) >= 11 is 12.1. The number of alkyl halides is 3. The molecule has 0 unspecified atom stereocenters. The van der Waals surface area contributed by atoms with Gasteiger partial charge in [0.25, 0.3) is 11.7 Å². The minimum absolute atomic E-state index is 0.00783. The number of hydrogen-bond donors (Lipinski definition) is 1. The van der Waals surface area contributed by atoms with Gasteiger partial charge < -0.3 is 4.57 Å². The van der Waals surface area contributed by atoms with Gasteiger partial charge in [0.05, 0.1) is 5.56 Å². The fraction of sp³-hybridized carbons (Fsp3) is 0.130. The number of fused-ring (bicyclic) bond motifs is 1. The molecule has 174 valence electrons. The number of amides is 1. The molecule has 0 saturated carbocycles. The van der Waals surface area contributed by atoms with Crippen LogP contribution in [0.1, 0.15) is 27.2 Å². The van der Waals surface area contributed by atoms with E-state index in [1.54, 1.807) is 13.0 Å². The first kappa shape index (κ1) is 23.7. The highest BCUT2D eigenvalue weighted by atomic mass is 35.5. The van der Waals surface area contributed by atoms with Gasteiger partial charge in [-0.3, -0.25) is 14.9 Å². The van der Waals surface area contributed by atoms with Crippen LogP contribution in [-0.4, -0.2) is 26.2 Å². The zero-order chi connectivity index (χ0) is 24.6. The van der Waals surface area contributed by atoms with Crippen molar-refractivity contribution in [2.24, 2.45) is 0 Å². The molecule has 0 saturated heterocycles. The minimum Gasteiger partial charge on any atom is -0.332 e. The van der Waals surface area contributed by atoms with Gasteiger partial charge in [-0.05, 0) is 42.8 Å². The predicted octanol–water partition coefficient (Wildman–Crippen LogP) is 5.94. The first-order chi connectivity index (χ1) is 16.1. The molecule has 6 nitrogen and oxygen atoms in total. The molecule has 0 aliphatic heterocycles. The van der Waals surface area contributed by atoms with Crippen LogP contribution in [0.25, 0.3) is 10.9 Å². The summed E-state index contributed by atoms with van der Waals surface area (Å²) in [6, 6.07) is 10.4. The second kappa shape index (κ2) is 9.08. The molecule has 0 spiro atoms. The Morgan fingerprint density at radius 3 is 2.41 bits per heavy atom. The van der Waals surface area contributed by atoms with Crippen LogP contribution in [0.15, 0.2) is 54.9 Å². The second-order valence-corrected chi connectivity index (χ2v) is 8.26. The number of carbonyl (C=O) groups is 2. The molecule has 11 heteroatoms. The molecule has 4 rings (SSSR count). The molecule has 0 radical (unpaired) electrons. The number of benzene rings is 2. The molecule has 1 amide bonds. The van der Waals surface area contributed by atoms with E-state index in [1.807, 2.05) is 0 Å². The highest BCUT2D eigenvalue weighted by Gasteiger charge is 2.42. The molecule has 2 aromatic carbocycles. The topological polar surface area (TPSA) is 76.9 Å². The van der Waals surface area contributed by atoms with Crippen LogP contribution in [0, 0.1) is 6.92 Å². The van der Waals surface area contributed by atoms with Crippen LogP contribution in [0.3, 0.4) is 0 Å². The number of anilines is 1. The van der Waals surface area contributed by atoms with Crippen LogP contribution < -0.4 is 5.32 Å². The quantitative estimate of drug-likeness (QED) is 0.268. The number of aromatic nitrogens is 3. The van der Waals surface area contributed by atoms with Gasteiger partial charge in [-0.25, -0.2) is 9.97 Å².